The smallest absolute Gasteiger partial charge is 0.307 e. The number of hydrogen-bond acceptors (Lipinski definition) is 2. The summed E-state index contributed by atoms with van der Waals surface area (Å²) in [5, 5.41) is 18.3. The SMILES string of the molecule is O=C(O)[C@@H]1C2C3CC4C2C4C3[C@@H]1C(=O)O. The Hall–Kier alpha value is -1.06. The van der Waals surface area contributed by atoms with Crippen molar-refractivity contribution in [2.24, 2.45) is 47.3 Å². The summed E-state index contributed by atoms with van der Waals surface area (Å²) in [6.45, 7) is 0. The first kappa shape index (κ1) is 8.13. The van der Waals surface area contributed by atoms with Crippen LogP contribution < -0.4 is 0 Å². The van der Waals surface area contributed by atoms with Crippen molar-refractivity contribution < 1.29 is 19.8 Å². The number of rotatable bonds is 2. The monoisotopic (exact) mass is 208 g/mol. The summed E-state index contributed by atoms with van der Waals surface area (Å²) in [5.74, 6) is -0.279. The van der Waals surface area contributed by atoms with Gasteiger partial charge >= 0.3 is 11.9 Å². The molecular formula is C11H12O4. The number of aliphatic carboxylic acids is 2. The minimum Gasteiger partial charge on any atom is -0.481 e. The van der Waals surface area contributed by atoms with Crippen LogP contribution in [0.5, 0.6) is 0 Å². The molecule has 0 aromatic carbocycles. The zero-order chi connectivity index (χ0) is 10.5. The van der Waals surface area contributed by atoms with Gasteiger partial charge in [-0.25, -0.2) is 0 Å². The van der Waals surface area contributed by atoms with Crippen molar-refractivity contribution in [3.63, 3.8) is 0 Å². The Morgan fingerprint density at radius 2 is 1.20 bits per heavy atom. The number of carboxylic acids is 2. The molecule has 8 atom stereocenters. The molecule has 0 heterocycles. The molecule has 2 N–H and O–H groups in total. The Morgan fingerprint density at radius 3 is 1.53 bits per heavy atom. The highest BCUT2D eigenvalue weighted by Crippen LogP contribution is 2.83. The summed E-state index contributed by atoms with van der Waals surface area (Å²) in [7, 11) is 0. The molecule has 0 saturated heterocycles. The van der Waals surface area contributed by atoms with Gasteiger partial charge in [0, 0.05) is 0 Å². The molecule has 0 aromatic rings. The summed E-state index contributed by atoms with van der Waals surface area (Å²) >= 11 is 0. The van der Waals surface area contributed by atoms with Gasteiger partial charge in [-0.05, 0) is 41.9 Å². The van der Waals surface area contributed by atoms with E-state index in [1.807, 2.05) is 0 Å². The van der Waals surface area contributed by atoms with Gasteiger partial charge in [0.2, 0.25) is 0 Å². The molecule has 0 aromatic heterocycles. The highest BCUT2D eigenvalue weighted by Gasteiger charge is 2.82. The standard InChI is InChI=1S/C11H12O4/c12-10(13)8-6-3-1-2-4(6)5(2)7(3)9(8)11(14)15/h2-9H,1H2,(H,12,13)(H,14,15)/t2?,3?,4?,5?,6?,7?,8-,9+. The van der Waals surface area contributed by atoms with Gasteiger partial charge in [0.15, 0.2) is 0 Å². The first-order valence-electron chi connectivity index (χ1n) is 5.58. The van der Waals surface area contributed by atoms with E-state index in [0.717, 1.165) is 6.42 Å². The Morgan fingerprint density at radius 1 is 0.800 bits per heavy atom. The molecule has 5 rings (SSSR count). The van der Waals surface area contributed by atoms with E-state index in [2.05, 4.69) is 0 Å². The molecule has 5 saturated carbocycles. The maximum absolute atomic E-state index is 11.2. The Kier molecular flexibility index (Phi) is 1.12. The molecule has 6 bridgehead atoms. The van der Waals surface area contributed by atoms with Crippen molar-refractivity contribution >= 4 is 11.9 Å². The minimum absolute atomic E-state index is 0.198. The predicted molar refractivity (Wildman–Crippen MR) is 47.8 cm³/mol. The van der Waals surface area contributed by atoms with Gasteiger partial charge in [-0.2, -0.15) is 0 Å². The number of carboxylic acid groups (broad SMARTS) is 2. The maximum atomic E-state index is 11.2. The Bertz CT molecular complexity index is 356. The van der Waals surface area contributed by atoms with E-state index in [1.54, 1.807) is 0 Å². The summed E-state index contributed by atoms with van der Waals surface area (Å²) in [5.41, 5.74) is 0. The van der Waals surface area contributed by atoms with Gasteiger partial charge in [0.1, 0.15) is 0 Å². The largest absolute Gasteiger partial charge is 0.481 e. The normalized spacial score (nSPS) is 62.1. The lowest BCUT2D eigenvalue weighted by Crippen LogP contribution is -2.35. The van der Waals surface area contributed by atoms with Crippen LogP contribution in [0.4, 0.5) is 0 Å². The fourth-order valence-electron chi connectivity index (χ4n) is 5.41. The summed E-state index contributed by atoms with van der Waals surface area (Å²) in [4.78, 5) is 22.3. The molecule has 5 fully saturated rings. The van der Waals surface area contributed by atoms with E-state index >= 15 is 0 Å². The van der Waals surface area contributed by atoms with Crippen LogP contribution in [0.15, 0.2) is 0 Å². The highest BCUT2D eigenvalue weighted by atomic mass is 16.4. The Labute approximate surface area is 86.3 Å². The third kappa shape index (κ3) is 0.647. The molecule has 15 heavy (non-hydrogen) atoms. The number of carbonyl (C=O) groups is 2. The highest BCUT2D eigenvalue weighted by molar-refractivity contribution is 5.82. The number of hydrogen-bond donors (Lipinski definition) is 2. The van der Waals surface area contributed by atoms with E-state index in [-0.39, 0.29) is 11.8 Å². The first-order valence-corrected chi connectivity index (χ1v) is 5.58. The fraction of sp³-hybridized carbons (Fsp3) is 0.818. The fourth-order valence-corrected chi connectivity index (χ4v) is 5.41. The summed E-state index contributed by atoms with van der Waals surface area (Å²) < 4.78 is 0. The maximum Gasteiger partial charge on any atom is 0.307 e. The van der Waals surface area contributed by atoms with Crippen LogP contribution in [0.1, 0.15) is 6.42 Å². The zero-order valence-corrected chi connectivity index (χ0v) is 8.04. The first-order chi connectivity index (χ1) is 7.13. The lowest BCUT2D eigenvalue weighted by atomic mass is 9.79. The quantitative estimate of drug-likeness (QED) is 0.694. The molecule has 0 amide bonds. The second kappa shape index (κ2) is 2.06. The molecule has 5 aliphatic rings. The third-order valence-corrected chi connectivity index (χ3v) is 5.50. The second-order valence-electron chi connectivity index (χ2n) is 5.60. The molecule has 4 nitrogen and oxygen atoms in total. The summed E-state index contributed by atoms with van der Waals surface area (Å²) in [6.07, 6.45) is 1.11. The van der Waals surface area contributed by atoms with E-state index < -0.39 is 23.8 Å². The Balaban J connectivity index is 1.81. The molecule has 6 unspecified atom stereocenters. The molecule has 0 spiro atoms. The van der Waals surface area contributed by atoms with Gasteiger partial charge in [0.05, 0.1) is 11.8 Å². The van der Waals surface area contributed by atoms with E-state index in [4.69, 9.17) is 10.2 Å². The van der Waals surface area contributed by atoms with E-state index in [9.17, 15) is 9.59 Å². The molecule has 5 aliphatic carbocycles. The average Bonchev–Trinajstić information content (AvgIpc) is 2.55. The van der Waals surface area contributed by atoms with Crippen LogP contribution in [0.3, 0.4) is 0 Å². The molecular weight excluding hydrogens is 196 g/mol. The lowest BCUT2D eigenvalue weighted by Gasteiger charge is -2.23. The van der Waals surface area contributed by atoms with Crippen molar-refractivity contribution in [3.8, 4) is 0 Å². The van der Waals surface area contributed by atoms with Crippen molar-refractivity contribution in [1.82, 2.24) is 0 Å². The van der Waals surface area contributed by atoms with Gasteiger partial charge in [-0.15, -0.1) is 0 Å². The van der Waals surface area contributed by atoms with Gasteiger partial charge in [-0.1, -0.05) is 0 Å². The minimum atomic E-state index is -0.883. The molecule has 80 valence electrons. The average molecular weight is 208 g/mol. The van der Waals surface area contributed by atoms with Crippen LogP contribution in [0, 0.1) is 47.3 Å². The van der Waals surface area contributed by atoms with Crippen LogP contribution in [0.2, 0.25) is 0 Å². The van der Waals surface area contributed by atoms with Crippen molar-refractivity contribution in [3.05, 3.63) is 0 Å². The van der Waals surface area contributed by atoms with Gasteiger partial charge in [-0.3, -0.25) is 9.59 Å². The van der Waals surface area contributed by atoms with Gasteiger partial charge in [0.25, 0.3) is 0 Å². The van der Waals surface area contributed by atoms with Crippen LogP contribution in [-0.4, -0.2) is 22.2 Å². The second-order valence-corrected chi connectivity index (χ2v) is 5.60. The van der Waals surface area contributed by atoms with Crippen LogP contribution >= 0.6 is 0 Å². The summed E-state index contributed by atoms with van der Waals surface area (Å²) in [6, 6.07) is 0. The predicted octanol–water partition coefficient (Wildman–Crippen LogP) is 0.530. The molecule has 0 aliphatic heterocycles. The van der Waals surface area contributed by atoms with Crippen LogP contribution in [-0.2, 0) is 9.59 Å². The van der Waals surface area contributed by atoms with E-state index in [1.165, 1.54) is 0 Å². The lowest BCUT2D eigenvalue weighted by molar-refractivity contribution is -0.156. The molecule has 4 heteroatoms. The third-order valence-electron chi connectivity index (χ3n) is 5.50. The topological polar surface area (TPSA) is 74.6 Å². The van der Waals surface area contributed by atoms with Gasteiger partial charge < -0.3 is 10.2 Å². The molecule has 0 radical (unpaired) electrons. The van der Waals surface area contributed by atoms with E-state index in [0.29, 0.717) is 23.7 Å². The van der Waals surface area contributed by atoms with Crippen molar-refractivity contribution in [2.75, 3.05) is 0 Å². The van der Waals surface area contributed by atoms with Crippen molar-refractivity contribution in [2.45, 2.75) is 6.42 Å². The van der Waals surface area contributed by atoms with Crippen molar-refractivity contribution in [1.29, 1.82) is 0 Å². The van der Waals surface area contributed by atoms with Crippen LogP contribution in [0.25, 0.3) is 0 Å². The zero-order valence-electron chi connectivity index (χ0n) is 8.04.